The molecule has 1 atom stereocenters. The summed E-state index contributed by atoms with van der Waals surface area (Å²) >= 11 is 0. The first-order valence-electron chi connectivity index (χ1n) is 6.50. The predicted octanol–water partition coefficient (Wildman–Crippen LogP) is 3.42. The second-order valence-electron chi connectivity index (χ2n) is 4.66. The topological polar surface area (TPSA) is 80.4 Å². The summed E-state index contributed by atoms with van der Waals surface area (Å²) in [6.07, 6.45) is 4.07. The largest absolute Gasteiger partial charge is 0.481 e. The molecule has 0 aliphatic rings. The van der Waals surface area contributed by atoms with E-state index in [1.54, 1.807) is 12.1 Å². The first-order chi connectivity index (χ1) is 9.04. The molecule has 1 unspecified atom stereocenters. The normalized spacial score (nSPS) is 12.1. The molecule has 0 amide bonds. The second-order valence-corrected chi connectivity index (χ2v) is 4.66. The number of non-ortho nitro benzene ring substituents is 1. The molecule has 104 valence electrons. The lowest BCUT2D eigenvalue weighted by Crippen LogP contribution is -2.16. The minimum Gasteiger partial charge on any atom is -0.481 e. The van der Waals surface area contributed by atoms with Gasteiger partial charge in [-0.1, -0.05) is 38.3 Å². The number of nitrogens with zero attached hydrogens (tertiary/aromatic N) is 1. The van der Waals surface area contributed by atoms with Gasteiger partial charge in [0.15, 0.2) is 0 Å². The van der Waals surface area contributed by atoms with Crippen LogP contribution in [0.4, 0.5) is 5.69 Å². The van der Waals surface area contributed by atoms with Crippen molar-refractivity contribution < 1.29 is 14.8 Å². The molecule has 1 aromatic rings. The number of hydrogen-bond acceptors (Lipinski definition) is 3. The van der Waals surface area contributed by atoms with Crippen LogP contribution in [0.15, 0.2) is 24.3 Å². The van der Waals surface area contributed by atoms with Crippen molar-refractivity contribution in [2.45, 2.75) is 39.0 Å². The summed E-state index contributed by atoms with van der Waals surface area (Å²) in [6.45, 7) is 2.08. The van der Waals surface area contributed by atoms with E-state index in [1.807, 2.05) is 0 Å². The van der Waals surface area contributed by atoms with Crippen LogP contribution in [-0.4, -0.2) is 16.0 Å². The summed E-state index contributed by atoms with van der Waals surface area (Å²) in [5, 5.41) is 19.7. The highest BCUT2D eigenvalue weighted by atomic mass is 16.6. The SMILES string of the molecule is CCCCCC(Cc1ccc([N+](=O)[O-])cc1)C(=O)O. The van der Waals surface area contributed by atoms with Gasteiger partial charge < -0.3 is 5.11 Å². The Morgan fingerprint density at radius 1 is 1.32 bits per heavy atom. The number of carboxylic acids is 1. The van der Waals surface area contributed by atoms with E-state index >= 15 is 0 Å². The minimum absolute atomic E-state index is 0.0293. The van der Waals surface area contributed by atoms with Gasteiger partial charge in [0.2, 0.25) is 0 Å². The van der Waals surface area contributed by atoms with Crippen LogP contribution in [0.1, 0.15) is 38.2 Å². The number of nitro groups is 1. The van der Waals surface area contributed by atoms with Crippen molar-refractivity contribution in [1.29, 1.82) is 0 Å². The van der Waals surface area contributed by atoms with Gasteiger partial charge in [-0.2, -0.15) is 0 Å². The maximum absolute atomic E-state index is 11.2. The number of benzene rings is 1. The van der Waals surface area contributed by atoms with Crippen molar-refractivity contribution in [3.63, 3.8) is 0 Å². The summed E-state index contributed by atoms with van der Waals surface area (Å²) in [5.74, 6) is -1.21. The van der Waals surface area contributed by atoms with Gasteiger partial charge in [0.25, 0.3) is 5.69 Å². The van der Waals surface area contributed by atoms with Crippen LogP contribution in [-0.2, 0) is 11.2 Å². The van der Waals surface area contributed by atoms with E-state index in [9.17, 15) is 14.9 Å². The average molecular weight is 265 g/mol. The standard InChI is InChI=1S/C14H19NO4/c1-2-3-4-5-12(14(16)17)10-11-6-8-13(9-7-11)15(18)19/h6-9,12H,2-5,10H2,1H3,(H,16,17). The molecule has 1 N–H and O–H groups in total. The summed E-state index contributed by atoms with van der Waals surface area (Å²) in [5.41, 5.74) is 0.858. The Morgan fingerprint density at radius 2 is 1.95 bits per heavy atom. The highest BCUT2D eigenvalue weighted by Crippen LogP contribution is 2.19. The van der Waals surface area contributed by atoms with Gasteiger partial charge in [-0.3, -0.25) is 14.9 Å². The smallest absolute Gasteiger partial charge is 0.306 e. The highest BCUT2D eigenvalue weighted by Gasteiger charge is 2.17. The Hall–Kier alpha value is -1.91. The van der Waals surface area contributed by atoms with Crippen molar-refractivity contribution in [2.24, 2.45) is 5.92 Å². The predicted molar refractivity (Wildman–Crippen MR) is 72.1 cm³/mol. The fourth-order valence-electron chi connectivity index (χ4n) is 1.99. The van der Waals surface area contributed by atoms with Crippen molar-refractivity contribution in [3.8, 4) is 0 Å². The summed E-state index contributed by atoms with van der Waals surface area (Å²) in [7, 11) is 0. The van der Waals surface area contributed by atoms with Crippen LogP contribution in [0.2, 0.25) is 0 Å². The third kappa shape index (κ3) is 5.07. The van der Waals surface area contributed by atoms with Crippen molar-refractivity contribution >= 4 is 11.7 Å². The van der Waals surface area contributed by atoms with Gasteiger partial charge in [0, 0.05) is 12.1 Å². The zero-order valence-electron chi connectivity index (χ0n) is 11.0. The van der Waals surface area contributed by atoms with E-state index in [0.29, 0.717) is 12.8 Å². The number of unbranched alkanes of at least 4 members (excludes halogenated alkanes) is 2. The molecule has 0 aliphatic heterocycles. The molecule has 0 aliphatic carbocycles. The van der Waals surface area contributed by atoms with Gasteiger partial charge in [-0.05, 0) is 18.4 Å². The molecule has 0 saturated carbocycles. The van der Waals surface area contributed by atoms with Gasteiger partial charge in [-0.15, -0.1) is 0 Å². The first-order valence-corrected chi connectivity index (χ1v) is 6.50. The van der Waals surface area contributed by atoms with E-state index in [0.717, 1.165) is 24.8 Å². The Labute approximate surface area is 112 Å². The third-order valence-corrected chi connectivity index (χ3v) is 3.13. The molecule has 0 radical (unpaired) electrons. The van der Waals surface area contributed by atoms with Crippen LogP contribution in [0.25, 0.3) is 0 Å². The monoisotopic (exact) mass is 265 g/mol. The fraction of sp³-hybridized carbons (Fsp3) is 0.500. The molecule has 5 heteroatoms. The van der Waals surface area contributed by atoms with Gasteiger partial charge in [0.1, 0.15) is 0 Å². The number of hydrogen-bond donors (Lipinski definition) is 1. The van der Waals surface area contributed by atoms with Crippen LogP contribution in [0.5, 0.6) is 0 Å². The van der Waals surface area contributed by atoms with E-state index in [-0.39, 0.29) is 5.69 Å². The molecule has 0 bridgehead atoms. The molecule has 1 rings (SSSR count). The zero-order chi connectivity index (χ0) is 14.3. The Morgan fingerprint density at radius 3 is 2.42 bits per heavy atom. The van der Waals surface area contributed by atoms with Crippen molar-refractivity contribution in [1.82, 2.24) is 0 Å². The number of nitro benzene ring substituents is 1. The molecule has 19 heavy (non-hydrogen) atoms. The number of carboxylic acid groups (broad SMARTS) is 1. The maximum Gasteiger partial charge on any atom is 0.306 e. The van der Waals surface area contributed by atoms with E-state index < -0.39 is 16.8 Å². The quantitative estimate of drug-likeness (QED) is 0.443. The maximum atomic E-state index is 11.2. The first kappa shape index (κ1) is 15.1. The molecule has 0 heterocycles. The Balaban J connectivity index is 2.63. The molecule has 5 nitrogen and oxygen atoms in total. The van der Waals surface area contributed by atoms with Crippen LogP contribution in [0, 0.1) is 16.0 Å². The molecule has 0 aromatic heterocycles. The lowest BCUT2D eigenvalue weighted by atomic mass is 9.94. The average Bonchev–Trinajstić information content (AvgIpc) is 2.38. The minimum atomic E-state index is -0.797. The van der Waals surface area contributed by atoms with Gasteiger partial charge >= 0.3 is 5.97 Å². The third-order valence-electron chi connectivity index (χ3n) is 3.13. The van der Waals surface area contributed by atoms with E-state index in [4.69, 9.17) is 5.11 Å². The summed E-state index contributed by atoms with van der Waals surface area (Å²) in [4.78, 5) is 21.2. The van der Waals surface area contributed by atoms with Crippen LogP contribution < -0.4 is 0 Å². The van der Waals surface area contributed by atoms with Crippen LogP contribution in [0.3, 0.4) is 0 Å². The van der Waals surface area contributed by atoms with Crippen LogP contribution >= 0.6 is 0 Å². The zero-order valence-corrected chi connectivity index (χ0v) is 11.0. The molecular weight excluding hydrogens is 246 g/mol. The molecule has 0 spiro atoms. The van der Waals surface area contributed by atoms with Crippen molar-refractivity contribution in [2.75, 3.05) is 0 Å². The summed E-state index contributed by atoms with van der Waals surface area (Å²) < 4.78 is 0. The summed E-state index contributed by atoms with van der Waals surface area (Å²) in [6, 6.07) is 6.10. The fourth-order valence-corrected chi connectivity index (χ4v) is 1.99. The number of carbonyl (C=O) groups is 1. The Bertz CT molecular complexity index is 428. The highest BCUT2D eigenvalue weighted by molar-refractivity contribution is 5.70. The lowest BCUT2D eigenvalue weighted by molar-refractivity contribution is -0.384. The number of rotatable bonds is 8. The second kappa shape index (κ2) is 7.51. The van der Waals surface area contributed by atoms with Gasteiger partial charge in [0.05, 0.1) is 10.8 Å². The lowest BCUT2D eigenvalue weighted by Gasteiger charge is -2.11. The van der Waals surface area contributed by atoms with E-state index in [1.165, 1.54) is 12.1 Å². The molecule has 0 saturated heterocycles. The van der Waals surface area contributed by atoms with Gasteiger partial charge in [-0.25, -0.2) is 0 Å². The molecule has 1 aromatic carbocycles. The van der Waals surface area contributed by atoms with Crippen molar-refractivity contribution in [3.05, 3.63) is 39.9 Å². The molecule has 0 fully saturated rings. The molecular formula is C14H19NO4. The van der Waals surface area contributed by atoms with E-state index in [2.05, 4.69) is 6.92 Å². The number of aliphatic carboxylic acids is 1. The Kier molecular flexibility index (Phi) is 5.99.